The van der Waals surface area contributed by atoms with Crippen molar-refractivity contribution in [3.8, 4) is 0 Å². The van der Waals surface area contributed by atoms with Crippen molar-refractivity contribution in [3.63, 3.8) is 0 Å². The van der Waals surface area contributed by atoms with Gasteiger partial charge in [-0.15, -0.1) is 0 Å². The molecule has 0 amide bonds. The fourth-order valence-electron chi connectivity index (χ4n) is 0.736. The molecule has 0 heterocycles. The molecule has 1 atom stereocenters. The number of hydrogen-bond donors (Lipinski definition) is 0. The first-order valence-electron chi connectivity index (χ1n) is 5.11. The van der Waals surface area contributed by atoms with E-state index in [1.165, 1.54) is 0 Å². The predicted molar refractivity (Wildman–Crippen MR) is 75.5 cm³/mol. The van der Waals surface area contributed by atoms with Crippen molar-refractivity contribution < 1.29 is 4.43 Å². The third kappa shape index (κ3) is 4.93. The normalized spacial score (nSPS) is 16.2. The highest BCUT2D eigenvalue weighted by Gasteiger charge is 2.37. The Kier molecular flexibility index (Phi) is 5.92. The van der Waals surface area contributed by atoms with E-state index >= 15 is 0 Å². The molecule has 84 valence electrons. The molecule has 0 spiro atoms. The largest absolute Gasteiger partial charge is 0.416 e. The van der Waals surface area contributed by atoms with Crippen molar-refractivity contribution in [1.29, 1.82) is 0 Å². The standard InChI is InChI=1S/C11H23IOSi/c1-10(7-8-12)9-13-14(5,6)11(2,3)4/h7-8,10H,9H2,1-6H3/b8-7+/t10-/m0/s1. The molecule has 0 aromatic rings. The second-order valence-corrected chi connectivity index (χ2v) is 10.9. The first-order chi connectivity index (χ1) is 6.20. The minimum atomic E-state index is -1.53. The molecule has 0 saturated heterocycles. The van der Waals surface area contributed by atoms with E-state index in [-0.39, 0.29) is 0 Å². The summed E-state index contributed by atoms with van der Waals surface area (Å²) in [5.74, 6) is 0.529. The Hall–Kier alpha value is 0.647. The molecule has 0 bridgehead atoms. The van der Waals surface area contributed by atoms with E-state index in [2.05, 4.69) is 73.5 Å². The highest BCUT2D eigenvalue weighted by Crippen LogP contribution is 2.36. The Balaban J connectivity index is 4.12. The van der Waals surface area contributed by atoms with E-state index < -0.39 is 8.32 Å². The second kappa shape index (κ2) is 5.65. The molecule has 0 aliphatic heterocycles. The van der Waals surface area contributed by atoms with Crippen molar-refractivity contribution in [2.24, 2.45) is 5.92 Å². The summed E-state index contributed by atoms with van der Waals surface area (Å²) in [6, 6.07) is 0. The molecule has 0 unspecified atom stereocenters. The van der Waals surface area contributed by atoms with Crippen LogP contribution in [0.3, 0.4) is 0 Å². The maximum absolute atomic E-state index is 6.09. The molecular weight excluding hydrogens is 303 g/mol. The zero-order valence-corrected chi connectivity index (χ0v) is 13.4. The second-order valence-electron chi connectivity index (χ2n) is 5.37. The lowest BCUT2D eigenvalue weighted by Gasteiger charge is -2.36. The highest BCUT2D eigenvalue weighted by atomic mass is 127. The highest BCUT2D eigenvalue weighted by molar-refractivity contribution is 14.1. The molecule has 14 heavy (non-hydrogen) atoms. The van der Waals surface area contributed by atoms with Gasteiger partial charge in [-0.3, -0.25) is 0 Å². The zero-order chi connectivity index (χ0) is 11.4. The van der Waals surface area contributed by atoms with Gasteiger partial charge in [0.05, 0.1) is 0 Å². The van der Waals surface area contributed by atoms with Crippen LogP contribution in [0.25, 0.3) is 0 Å². The van der Waals surface area contributed by atoms with Crippen molar-refractivity contribution in [1.82, 2.24) is 0 Å². The topological polar surface area (TPSA) is 9.23 Å². The van der Waals surface area contributed by atoms with Gasteiger partial charge < -0.3 is 4.43 Å². The maximum Gasteiger partial charge on any atom is 0.192 e. The molecular formula is C11H23IOSi. The minimum absolute atomic E-state index is 0.320. The van der Waals surface area contributed by atoms with Gasteiger partial charge in [0.15, 0.2) is 8.32 Å². The molecule has 0 saturated carbocycles. The van der Waals surface area contributed by atoms with Gasteiger partial charge in [-0.1, -0.05) is 56.4 Å². The molecule has 0 fully saturated rings. The van der Waals surface area contributed by atoms with Gasteiger partial charge in [0, 0.05) is 6.61 Å². The summed E-state index contributed by atoms with van der Waals surface area (Å²) < 4.78 is 8.16. The monoisotopic (exact) mass is 326 g/mol. The van der Waals surface area contributed by atoms with E-state index in [0.717, 1.165) is 6.61 Å². The van der Waals surface area contributed by atoms with E-state index in [0.29, 0.717) is 11.0 Å². The summed E-state index contributed by atoms with van der Waals surface area (Å²) >= 11 is 2.25. The van der Waals surface area contributed by atoms with Crippen LogP contribution >= 0.6 is 22.6 Å². The number of halogens is 1. The van der Waals surface area contributed by atoms with Crippen LogP contribution < -0.4 is 0 Å². The van der Waals surface area contributed by atoms with Crippen LogP contribution in [0.2, 0.25) is 18.1 Å². The molecule has 0 N–H and O–H groups in total. The lowest BCUT2D eigenvalue weighted by Crippen LogP contribution is -2.41. The Morgan fingerprint density at radius 2 is 1.86 bits per heavy atom. The van der Waals surface area contributed by atoms with E-state index in [1.54, 1.807) is 0 Å². The van der Waals surface area contributed by atoms with Gasteiger partial charge in [0.2, 0.25) is 0 Å². The third-order valence-corrected chi connectivity index (χ3v) is 7.83. The van der Waals surface area contributed by atoms with Crippen LogP contribution in [0.1, 0.15) is 27.7 Å². The molecule has 0 aliphatic rings. The van der Waals surface area contributed by atoms with Crippen LogP contribution in [0.4, 0.5) is 0 Å². The summed E-state index contributed by atoms with van der Waals surface area (Å²) in [6.07, 6.45) is 2.19. The van der Waals surface area contributed by atoms with Crippen molar-refractivity contribution in [2.45, 2.75) is 45.8 Å². The van der Waals surface area contributed by atoms with Gasteiger partial charge >= 0.3 is 0 Å². The Morgan fingerprint density at radius 1 is 1.36 bits per heavy atom. The average molecular weight is 326 g/mol. The zero-order valence-electron chi connectivity index (χ0n) is 10.2. The van der Waals surface area contributed by atoms with Crippen LogP contribution in [0, 0.1) is 5.92 Å². The Morgan fingerprint density at radius 3 is 2.21 bits per heavy atom. The number of hydrogen-bond acceptors (Lipinski definition) is 1. The Labute approximate surface area is 104 Å². The average Bonchev–Trinajstić information content (AvgIpc) is 1.99. The van der Waals surface area contributed by atoms with Crippen molar-refractivity contribution in [3.05, 3.63) is 10.2 Å². The van der Waals surface area contributed by atoms with E-state index in [9.17, 15) is 0 Å². The third-order valence-electron chi connectivity index (χ3n) is 2.91. The van der Waals surface area contributed by atoms with E-state index in [1.807, 2.05) is 0 Å². The predicted octanol–water partition coefficient (Wildman–Crippen LogP) is 4.59. The molecule has 0 rings (SSSR count). The fraction of sp³-hybridized carbons (Fsp3) is 0.818. The minimum Gasteiger partial charge on any atom is -0.416 e. The van der Waals surface area contributed by atoms with Gasteiger partial charge in [0.1, 0.15) is 0 Å². The lowest BCUT2D eigenvalue weighted by molar-refractivity contribution is 0.259. The van der Waals surface area contributed by atoms with Crippen molar-refractivity contribution >= 4 is 30.9 Å². The summed E-state index contributed by atoms with van der Waals surface area (Å²) in [5, 5.41) is 0.320. The molecule has 0 radical (unpaired) electrons. The smallest absolute Gasteiger partial charge is 0.192 e. The van der Waals surface area contributed by atoms with Crippen LogP contribution in [0.15, 0.2) is 10.2 Å². The Bertz CT molecular complexity index is 194. The molecule has 0 aromatic heterocycles. The first-order valence-corrected chi connectivity index (χ1v) is 9.27. The first kappa shape index (κ1) is 14.6. The molecule has 3 heteroatoms. The fourth-order valence-corrected chi connectivity index (χ4v) is 2.56. The van der Waals surface area contributed by atoms with Gasteiger partial charge in [-0.25, -0.2) is 0 Å². The quantitative estimate of drug-likeness (QED) is 0.542. The van der Waals surface area contributed by atoms with Gasteiger partial charge in [-0.05, 0) is 28.1 Å². The number of rotatable bonds is 4. The molecule has 0 aliphatic carbocycles. The maximum atomic E-state index is 6.09. The van der Waals surface area contributed by atoms with Crippen molar-refractivity contribution in [2.75, 3.05) is 6.61 Å². The van der Waals surface area contributed by atoms with Gasteiger partial charge in [0.25, 0.3) is 0 Å². The summed E-state index contributed by atoms with van der Waals surface area (Å²) in [6.45, 7) is 14.5. The van der Waals surface area contributed by atoms with Gasteiger partial charge in [-0.2, -0.15) is 0 Å². The van der Waals surface area contributed by atoms with Crippen LogP contribution in [-0.4, -0.2) is 14.9 Å². The van der Waals surface area contributed by atoms with E-state index in [4.69, 9.17) is 4.43 Å². The SMILES string of the molecule is C[C@@H](/C=C/I)CO[Si](C)(C)C(C)(C)C. The molecule has 0 aromatic carbocycles. The lowest BCUT2D eigenvalue weighted by atomic mass is 10.2. The summed E-state index contributed by atoms with van der Waals surface area (Å²) in [7, 11) is -1.53. The summed E-state index contributed by atoms with van der Waals surface area (Å²) in [4.78, 5) is 0. The summed E-state index contributed by atoms with van der Waals surface area (Å²) in [5.41, 5.74) is 0. The van der Waals surface area contributed by atoms with Crippen LogP contribution in [0.5, 0.6) is 0 Å². The molecule has 1 nitrogen and oxygen atoms in total. The van der Waals surface area contributed by atoms with Crippen LogP contribution in [-0.2, 0) is 4.43 Å².